The van der Waals surface area contributed by atoms with Crippen LogP contribution in [0.1, 0.15) is 28.6 Å². The van der Waals surface area contributed by atoms with E-state index in [2.05, 4.69) is 10.6 Å². The Hall–Kier alpha value is -1.67. The number of hydrogen-bond acceptors (Lipinski definition) is 5. The SMILES string of the molecule is CSCCC(NC(=O)c1ccc(Cl)cc1Cl)C(=O)NCC(c1ccco1)N(C)C. The van der Waals surface area contributed by atoms with E-state index in [0.717, 1.165) is 11.5 Å². The molecule has 9 heteroatoms. The van der Waals surface area contributed by atoms with Gasteiger partial charge in [-0.15, -0.1) is 0 Å². The van der Waals surface area contributed by atoms with E-state index in [4.69, 9.17) is 27.6 Å². The summed E-state index contributed by atoms with van der Waals surface area (Å²) in [5, 5.41) is 6.39. The normalized spacial score (nSPS) is 13.2. The van der Waals surface area contributed by atoms with Gasteiger partial charge in [0.15, 0.2) is 0 Å². The molecule has 0 aliphatic heterocycles. The first-order chi connectivity index (χ1) is 13.8. The summed E-state index contributed by atoms with van der Waals surface area (Å²) in [5.41, 5.74) is 0.278. The van der Waals surface area contributed by atoms with Crippen LogP contribution in [0.25, 0.3) is 0 Å². The molecule has 0 bridgehead atoms. The van der Waals surface area contributed by atoms with Gasteiger partial charge < -0.3 is 15.1 Å². The van der Waals surface area contributed by atoms with Gasteiger partial charge in [-0.3, -0.25) is 14.5 Å². The summed E-state index contributed by atoms with van der Waals surface area (Å²) >= 11 is 13.6. The van der Waals surface area contributed by atoms with Gasteiger partial charge in [-0.25, -0.2) is 0 Å². The molecule has 2 N–H and O–H groups in total. The maximum Gasteiger partial charge on any atom is 0.253 e. The highest BCUT2D eigenvalue weighted by molar-refractivity contribution is 7.98. The zero-order valence-corrected chi connectivity index (χ0v) is 18.9. The summed E-state index contributed by atoms with van der Waals surface area (Å²) in [6.45, 7) is 0.354. The number of amides is 2. The van der Waals surface area contributed by atoms with Crippen LogP contribution < -0.4 is 10.6 Å². The molecule has 0 radical (unpaired) electrons. The molecule has 0 aliphatic carbocycles. The Kier molecular flexibility index (Phi) is 9.36. The highest BCUT2D eigenvalue weighted by Gasteiger charge is 2.24. The van der Waals surface area contributed by atoms with Crippen LogP contribution >= 0.6 is 35.0 Å². The molecule has 2 aromatic rings. The van der Waals surface area contributed by atoms with Crippen molar-refractivity contribution in [2.75, 3.05) is 32.6 Å². The van der Waals surface area contributed by atoms with Crippen molar-refractivity contribution in [2.45, 2.75) is 18.5 Å². The first kappa shape index (κ1) is 23.6. The van der Waals surface area contributed by atoms with Gasteiger partial charge in [0.1, 0.15) is 11.8 Å². The lowest BCUT2D eigenvalue weighted by Gasteiger charge is -2.24. The topological polar surface area (TPSA) is 74.6 Å². The van der Waals surface area contributed by atoms with Gasteiger partial charge in [0.05, 0.1) is 22.9 Å². The van der Waals surface area contributed by atoms with E-state index in [0.29, 0.717) is 18.0 Å². The van der Waals surface area contributed by atoms with E-state index in [1.807, 2.05) is 37.4 Å². The van der Waals surface area contributed by atoms with Crippen LogP contribution in [0.4, 0.5) is 0 Å². The first-order valence-electron chi connectivity index (χ1n) is 9.06. The second-order valence-corrected chi connectivity index (χ2v) is 8.50. The zero-order valence-electron chi connectivity index (χ0n) is 16.6. The number of nitrogens with zero attached hydrogens (tertiary/aromatic N) is 1. The van der Waals surface area contributed by atoms with Gasteiger partial charge in [-0.1, -0.05) is 23.2 Å². The van der Waals surface area contributed by atoms with E-state index < -0.39 is 11.9 Å². The smallest absolute Gasteiger partial charge is 0.253 e. The fourth-order valence-corrected chi connectivity index (χ4v) is 3.72. The van der Waals surface area contributed by atoms with Crippen molar-refractivity contribution in [2.24, 2.45) is 0 Å². The highest BCUT2D eigenvalue weighted by atomic mass is 35.5. The number of halogens is 2. The molecule has 0 saturated carbocycles. The lowest BCUT2D eigenvalue weighted by Crippen LogP contribution is -2.48. The van der Waals surface area contributed by atoms with Gasteiger partial charge in [-0.05, 0) is 62.9 Å². The molecule has 1 heterocycles. The molecule has 0 fully saturated rings. The molecular weight excluding hydrogens is 433 g/mol. The number of hydrogen-bond donors (Lipinski definition) is 2. The summed E-state index contributed by atoms with van der Waals surface area (Å²) in [6, 6.07) is 7.52. The monoisotopic (exact) mass is 457 g/mol. The molecule has 29 heavy (non-hydrogen) atoms. The number of rotatable bonds is 10. The van der Waals surface area contributed by atoms with Gasteiger partial charge in [-0.2, -0.15) is 11.8 Å². The molecule has 6 nitrogen and oxygen atoms in total. The molecule has 1 aromatic carbocycles. The highest BCUT2D eigenvalue weighted by Crippen LogP contribution is 2.21. The van der Waals surface area contributed by atoms with Crippen molar-refractivity contribution >= 4 is 46.8 Å². The third-order valence-electron chi connectivity index (χ3n) is 4.37. The fraction of sp³-hybridized carbons (Fsp3) is 0.400. The Morgan fingerprint density at radius 2 is 2.00 bits per heavy atom. The van der Waals surface area contributed by atoms with Gasteiger partial charge in [0.2, 0.25) is 5.91 Å². The molecule has 2 unspecified atom stereocenters. The van der Waals surface area contributed by atoms with Crippen LogP contribution in [0, 0.1) is 0 Å². The third kappa shape index (κ3) is 6.96. The van der Waals surface area contributed by atoms with Crippen molar-refractivity contribution in [3.63, 3.8) is 0 Å². The summed E-state index contributed by atoms with van der Waals surface area (Å²) < 4.78 is 5.47. The Morgan fingerprint density at radius 3 is 2.59 bits per heavy atom. The average Bonchev–Trinajstić information content (AvgIpc) is 3.18. The predicted molar refractivity (Wildman–Crippen MR) is 119 cm³/mol. The molecule has 1 aromatic heterocycles. The van der Waals surface area contributed by atoms with Crippen molar-refractivity contribution in [1.82, 2.24) is 15.5 Å². The third-order valence-corrected chi connectivity index (χ3v) is 5.56. The van der Waals surface area contributed by atoms with E-state index in [1.165, 1.54) is 6.07 Å². The standard InChI is InChI=1S/C20H25Cl2N3O3S/c1-25(2)17(18-5-4-9-28-18)12-23-20(27)16(8-10-29-3)24-19(26)14-7-6-13(21)11-15(14)22/h4-7,9,11,16-17H,8,10,12H2,1-3H3,(H,23,27)(H,24,26). The second-order valence-electron chi connectivity index (χ2n) is 6.67. The molecule has 0 spiro atoms. The minimum Gasteiger partial charge on any atom is -0.468 e. The zero-order chi connectivity index (χ0) is 21.4. The van der Waals surface area contributed by atoms with Crippen LogP contribution in [0.15, 0.2) is 41.0 Å². The summed E-state index contributed by atoms with van der Waals surface area (Å²) in [7, 11) is 3.82. The maximum atomic E-state index is 12.8. The van der Waals surface area contributed by atoms with Crippen molar-refractivity contribution in [1.29, 1.82) is 0 Å². The molecule has 2 amide bonds. The summed E-state index contributed by atoms with van der Waals surface area (Å²) in [4.78, 5) is 27.4. The lowest BCUT2D eigenvalue weighted by molar-refractivity contribution is -0.123. The number of furan rings is 1. The molecule has 2 atom stereocenters. The minimum atomic E-state index is -0.680. The lowest BCUT2D eigenvalue weighted by atomic mass is 10.1. The Balaban J connectivity index is 2.05. The van der Waals surface area contributed by atoms with Crippen LogP contribution in [0.5, 0.6) is 0 Å². The number of thioether (sulfide) groups is 1. The van der Waals surface area contributed by atoms with Crippen LogP contribution in [-0.2, 0) is 4.79 Å². The van der Waals surface area contributed by atoms with Crippen molar-refractivity contribution in [3.8, 4) is 0 Å². The number of benzene rings is 1. The van der Waals surface area contributed by atoms with Crippen molar-refractivity contribution in [3.05, 3.63) is 58.0 Å². The Labute approximate surface area is 185 Å². The van der Waals surface area contributed by atoms with Crippen molar-refractivity contribution < 1.29 is 14.0 Å². The fourth-order valence-electron chi connectivity index (χ4n) is 2.75. The molecule has 158 valence electrons. The van der Waals surface area contributed by atoms with Gasteiger partial charge >= 0.3 is 0 Å². The average molecular weight is 458 g/mol. The Morgan fingerprint density at radius 1 is 1.24 bits per heavy atom. The second kappa shape index (κ2) is 11.5. The van der Waals surface area contributed by atoms with E-state index in [1.54, 1.807) is 30.2 Å². The molecular formula is C20H25Cl2N3O3S. The number of likely N-dealkylation sites (N-methyl/N-ethyl adjacent to an activating group) is 1. The van der Waals surface area contributed by atoms with E-state index in [-0.39, 0.29) is 22.5 Å². The van der Waals surface area contributed by atoms with Crippen LogP contribution in [0.3, 0.4) is 0 Å². The molecule has 0 saturated heterocycles. The number of carbonyl (C=O) groups excluding carboxylic acids is 2. The van der Waals surface area contributed by atoms with E-state index in [9.17, 15) is 9.59 Å². The summed E-state index contributed by atoms with van der Waals surface area (Å²) in [6.07, 6.45) is 4.05. The quantitative estimate of drug-likeness (QED) is 0.566. The molecule has 0 aliphatic rings. The van der Waals surface area contributed by atoms with Crippen LogP contribution in [-0.4, -0.2) is 55.4 Å². The van der Waals surface area contributed by atoms with Crippen LogP contribution in [0.2, 0.25) is 10.0 Å². The number of nitrogens with one attached hydrogen (secondary N) is 2. The summed E-state index contributed by atoms with van der Waals surface area (Å²) in [5.74, 6) is 0.814. The molecule has 2 rings (SSSR count). The largest absolute Gasteiger partial charge is 0.468 e. The predicted octanol–water partition coefficient (Wildman–Crippen LogP) is 3.86. The van der Waals surface area contributed by atoms with Gasteiger partial charge in [0, 0.05) is 11.6 Å². The van der Waals surface area contributed by atoms with Gasteiger partial charge in [0.25, 0.3) is 5.91 Å². The minimum absolute atomic E-state index is 0.114. The number of carbonyl (C=O) groups is 2. The van der Waals surface area contributed by atoms with E-state index >= 15 is 0 Å². The maximum absolute atomic E-state index is 12.8. The first-order valence-corrected chi connectivity index (χ1v) is 11.2. The Bertz CT molecular complexity index is 815.